The predicted molar refractivity (Wildman–Crippen MR) is 77.1 cm³/mol. The van der Waals surface area contributed by atoms with Gasteiger partial charge in [-0.25, -0.2) is 0 Å². The number of aromatic nitrogens is 4. The predicted octanol–water partition coefficient (Wildman–Crippen LogP) is 1.80. The molecule has 106 valence electrons. The summed E-state index contributed by atoms with van der Waals surface area (Å²) in [5.41, 5.74) is 1.24. The number of aryl methyl sites for hydroxylation is 1. The van der Waals surface area contributed by atoms with Crippen molar-refractivity contribution < 1.29 is 4.74 Å². The maximum Gasteiger partial charge on any atom is 0.212 e. The summed E-state index contributed by atoms with van der Waals surface area (Å²) in [6.45, 7) is 1.21. The van der Waals surface area contributed by atoms with Crippen LogP contribution in [0.25, 0.3) is 0 Å². The molecule has 1 saturated carbocycles. The zero-order valence-corrected chi connectivity index (χ0v) is 12.8. The standard InChI is InChI=1S/C13H16BrN5O/c1-19-17-13(16-18-19)8-20-12-5-2-9(6-11(12)14)7-15-10-3-4-10/h2,5-6,10,15H,3-4,7-8H2,1H3. The van der Waals surface area contributed by atoms with Crippen LogP contribution >= 0.6 is 15.9 Å². The van der Waals surface area contributed by atoms with Crippen LogP contribution < -0.4 is 10.1 Å². The van der Waals surface area contributed by atoms with Crippen LogP contribution in [0.15, 0.2) is 22.7 Å². The number of benzene rings is 1. The first kappa shape index (κ1) is 13.5. The van der Waals surface area contributed by atoms with Gasteiger partial charge >= 0.3 is 0 Å². The monoisotopic (exact) mass is 337 g/mol. The summed E-state index contributed by atoms with van der Waals surface area (Å²) in [6.07, 6.45) is 2.60. The van der Waals surface area contributed by atoms with E-state index in [1.165, 1.54) is 23.2 Å². The lowest BCUT2D eigenvalue weighted by atomic mass is 10.2. The van der Waals surface area contributed by atoms with Gasteiger partial charge in [0.15, 0.2) is 6.61 Å². The number of halogens is 1. The minimum atomic E-state index is 0.312. The minimum absolute atomic E-state index is 0.312. The van der Waals surface area contributed by atoms with Crippen LogP contribution in [0, 0.1) is 0 Å². The Balaban J connectivity index is 1.58. The second-order valence-electron chi connectivity index (χ2n) is 4.90. The third kappa shape index (κ3) is 3.55. The number of rotatable bonds is 6. The highest BCUT2D eigenvalue weighted by atomic mass is 79.9. The highest BCUT2D eigenvalue weighted by Crippen LogP contribution is 2.27. The first-order valence-electron chi connectivity index (χ1n) is 6.58. The molecule has 0 amide bonds. The molecule has 1 aliphatic carbocycles. The first-order valence-corrected chi connectivity index (χ1v) is 7.37. The third-order valence-corrected chi connectivity index (χ3v) is 3.69. The van der Waals surface area contributed by atoms with Crippen molar-refractivity contribution in [3.8, 4) is 5.75 Å². The van der Waals surface area contributed by atoms with Crippen molar-refractivity contribution >= 4 is 15.9 Å². The second-order valence-corrected chi connectivity index (χ2v) is 5.76. The van der Waals surface area contributed by atoms with Gasteiger partial charge in [0.25, 0.3) is 0 Å². The summed E-state index contributed by atoms with van der Waals surface area (Å²) in [5, 5.41) is 15.2. The van der Waals surface area contributed by atoms with Crippen LogP contribution in [0.1, 0.15) is 24.2 Å². The number of nitrogens with one attached hydrogen (secondary N) is 1. The van der Waals surface area contributed by atoms with Gasteiger partial charge in [-0.3, -0.25) is 0 Å². The Hall–Kier alpha value is -1.47. The largest absolute Gasteiger partial charge is 0.484 e. The van der Waals surface area contributed by atoms with Crippen molar-refractivity contribution in [2.75, 3.05) is 0 Å². The molecule has 0 unspecified atom stereocenters. The van der Waals surface area contributed by atoms with E-state index in [-0.39, 0.29) is 0 Å². The van der Waals surface area contributed by atoms with Crippen molar-refractivity contribution in [3.05, 3.63) is 34.1 Å². The summed E-state index contributed by atoms with van der Waals surface area (Å²) in [4.78, 5) is 1.42. The van der Waals surface area contributed by atoms with Crippen molar-refractivity contribution in [1.29, 1.82) is 0 Å². The Morgan fingerprint density at radius 3 is 2.95 bits per heavy atom. The lowest BCUT2D eigenvalue weighted by Crippen LogP contribution is -2.15. The van der Waals surface area contributed by atoms with E-state index in [2.05, 4.69) is 48.8 Å². The van der Waals surface area contributed by atoms with Crippen molar-refractivity contribution in [1.82, 2.24) is 25.5 Å². The van der Waals surface area contributed by atoms with E-state index in [4.69, 9.17) is 4.74 Å². The third-order valence-electron chi connectivity index (χ3n) is 3.08. The smallest absolute Gasteiger partial charge is 0.212 e. The molecule has 1 aliphatic rings. The Morgan fingerprint density at radius 2 is 2.30 bits per heavy atom. The van der Waals surface area contributed by atoms with Gasteiger partial charge in [-0.15, -0.1) is 10.2 Å². The highest BCUT2D eigenvalue weighted by molar-refractivity contribution is 9.10. The lowest BCUT2D eigenvalue weighted by molar-refractivity contribution is 0.293. The van der Waals surface area contributed by atoms with Gasteiger partial charge in [0.05, 0.1) is 11.5 Å². The Kier molecular flexibility index (Phi) is 3.98. The molecular weight excluding hydrogens is 322 g/mol. The van der Waals surface area contributed by atoms with E-state index in [0.717, 1.165) is 16.8 Å². The molecule has 0 spiro atoms. The minimum Gasteiger partial charge on any atom is -0.484 e. The summed E-state index contributed by atoms with van der Waals surface area (Å²) >= 11 is 3.53. The summed E-state index contributed by atoms with van der Waals surface area (Å²) < 4.78 is 6.62. The van der Waals surface area contributed by atoms with Crippen molar-refractivity contribution in [2.45, 2.75) is 32.0 Å². The molecule has 7 heteroatoms. The molecule has 3 rings (SSSR count). The molecule has 20 heavy (non-hydrogen) atoms. The zero-order valence-electron chi connectivity index (χ0n) is 11.2. The fourth-order valence-electron chi connectivity index (χ4n) is 1.84. The number of tetrazole rings is 1. The molecule has 0 atom stereocenters. The van der Waals surface area contributed by atoms with E-state index >= 15 is 0 Å². The van der Waals surface area contributed by atoms with Gasteiger partial charge in [-0.05, 0) is 51.7 Å². The normalized spacial score (nSPS) is 14.5. The van der Waals surface area contributed by atoms with Crippen LogP contribution in [0.5, 0.6) is 5.75 Å². The average molecular weight is 338 g/mol. The van der Waals surface area contributed by atoms with E-state index < -0.39 is 0 Å². The second kappa shape index (κ2) is 5.88. The van der Waals surface area contributed by atoms with E-state index in [1.807, 2.05) is 6.07 Å². The molecule has 0 radical (unpaired) electrons. The van der Waals surface area contributed by atoms with Crippen molar-refractivity contribution in [2.24, 2.45) is 7.05 Å². The Morgan fingerprint density at radius 1 is 1.45 bits per heavy atom. The van der Waals surface area contributed by atoms with Gasteiger partial charge in [-0.1, -0.05) is 6.07 Å². The van der Waals surface area contributed by atoms with Crippen LogP contribution in [0.2, 0.25) is 0 Å². The van der Waals surface area contributed by atoms with E-state index in [9.17, 15) is 0 Å². The van der Waals surface area contributed by atoms with Crippen LogP contribution in [-0.2, 0) is 20.2 Å². The van der Waals surface area contributed by atoms with Gasteiger partial charge in [0.1, 0.15) is 5.75 Å². The van der Waals surface area contributed by atoms with Gasteiger partial charge in [0, 0.05) is 12.6 Å². The molecule has 1 aromatic carbocycles. The summed E-state index contributed by atoms with van der Waals surface area (Å²) in [6, 6.07) is 6.83. The lowest BCUT2D eigenvalue weighted by Gasteiger charge is -2.09. The number of ether oxygens (including phenoxy) is 1. The Bertz CT molecular complexity index is 596. The summed E-state index contributed by atoms with van der Waals surface area (Å²) in [5.74, 6) is 1.35. The van der Waals surface area contributed by atoms with Gasteiger partial charge < -0.3 is 10.1 Å². The molecule has 0 saturated heterocycles. The molecule has 1 N–H and O–H groups in total. The average Bonchev–Trinajstić information content (AvgIpc) is 3.17. The maximum atomic E-state index is 5.68. The Labute approximate surface area is 125 Å². The molecule has 1 heterocycles. The topological polar surface area (TPSA) is 64.9 Å². The summed E-state index contributed by atoms with van der Waals surface area (Å²) in [7, 11) is 1.73. The van der Waals surface area contributed by atoms with Crippen LogP contribution in [-0.4, -0.2) is 26.2 Å². The molecule has 2 aromatic rings. The fraction of sp³-hybridized carbons (Fsp3) is 0.462. The van der Waals surface area contributed by atoms with Gasteiger partial charge in [-0.2, -0.15) is 4.80 Å². The number of nitrogens with zero attached hydrogens (tertiary/aromatic N) is 4. The molecular formula is C13H16BrN5O. The zero-order chi connectivity index (χ0) is 13.9. The van der Waals surface area contributed by atoms with E-state index in [0.29, 0.717) is 18.5 Å². The van der Waals surface area contributed by atoms with Crippen molar-refractivity contribution in [3.63, 3.8) is 0 Å². The van der Waals surface area contributed by atoms with Crippen LogP contribution in [0.4, 0.5) is 0 Å². The molecule has 0 bridgehead atoms. The molecule has 6 nitrogen and oxygen atoms in total. The SMILES string of the molecule is Cn1nnc(COc2ccc(CNC3CC3)cc2Br)n1. The molecule has 0 aliphatic heterocycles. The fourth-order valence-corrected chi connectivity index (χ4v) is 2.39. The number of hydrogen-bond acceptors (Lipinski definition) is 5. The quantitative estimate of drug-likeness (QED) is 0.870. The van der Waals surface area contributed by atoms with E-state index in [1.54, 1.807) is 7.05 Å². The molecule has 1 fully saturated rings. The molecule has 1 aromatic heterocycles. The first-order chi connectivity index (χ1) is 9.70. The van der Waals surface area contributed by atoms with Gasteiger partial charge in [0.2, 0.25) is 5.82 Å². The maximum absolute atomic E-state index is 5.68. The number of hydrogen-bond donors (Lipinski definition) is 1. The van der Waals surface area contributed by atoms with Crippen LogP contribution in [0.3, 0.4) is 0 Å². The highest BCUT2D eigenvalue weighted by Gasteiger charge is 2.20.